The van der Waals surface area contributed by atoms with Crippen LogP contribution in [0.4, 0.5) is 0 Å². The predicted molar refractivity (Wildman–Crippen MR) is 51.1 cm³/mol. The normalized spacial score (nSPS) is 25.0. The van der Waals surface area contributed by atoms with Crippen molar-refractivity contribution < 1.29 is 0 Å². The Morgan fingerprint density at radius 1 is 1.67 bits per heavy atom. The molecule has 0 amide bonds. The van der Waals surface area contributed by atoms with Gasteiger partial charge in [0.15, 0.2) is 0 Å². The van der Waals surface area contributed by atoms with Crippen molar-refractivity contribution in [3.63, 3.8) is 0 Å². The second kappa shape index (κ2) is 3.18. The largest absolute Gasteiger partial charge is 0.304 e. The van der Waals surface area contributed by atoms with Gasteiger partial charge in [0.25, 0.3) is 0 Å². The zero-order valence-corrected chi connectivity index (χ0v) is 8.66. The Morgan fingerprint density at radius 3 is 3.00 bits per heavy atom. The van der Waals surface area contributed by atoms with Crippen LogP contribution in [0.5, 0.6) is 0 Å². The molecule has 2 heterocycles. The van der Waals surface area contributed by atoms with E-state index in [2.05, 4.69) is 37.7 Å². The maximum absolute atomic E-state index is 4.28. The van der Waals surface area contributed by atoms with E-state index in [1.165, 1.54) is 13.0 Å². The van der Waals surface area contributed by atoms with Gasteiger partial charge < -0.3 is 4.90 Å². The molecule has 1 aromatic rings. The third-order valence-corrected chi connectivity index (χ3v) is 2.96. The zero-order chi connectivity index (χ0) is 8.55. The molecule has 0 radical (unpaired) electrons. The van der Waals surface area contributed by atoms with Crippen LogP contribution >= 0.6 is 15.9 Å². The molecule has 1 aliphatic heterocycles. The van der Waals surface area contributed by atoms with Crippen molar-refractivity contribution in [1.29, 1.82) is 0 Å². The zero-order valence-electron chi connectivity index (χ0n) is 7.07. The summed E-state index contributed by atoms with van der Waals surface area (Å²) in [6.45, 7) is 2.29. The van der Waals surface area contributed by atoms with Crippen molar-refractivity contribution in [1.82, 2.24) is 14.7 Å². The Labute approximate surface area is 80.5 Å². The van der Waals surface area contributed by atoms with Gasteiger partial charge >= 0.3 is 0 Å². The minimum atomic E-state index is 0.555. The lowest BCUT2D eigenvalue weighted by Crippen LogP contribution is -2.17. The highest BCUT2D eigenvalue weighted by Gasteiger charge is 2.22. The standard InChI is InChI=1S/C8H12BrN3/c1-11-5-3-7(6-11)12-8(9)2-4-10-12/h2,4,7H,3,5-6H2,1H3. The molecule has 0 aromatic carbocycles. The molecule has 66 valence electrons. The fourth-order valence-electron chi connectivity index (χ4n) is 1.68. The van der Waals surface area contributed by atoms with E-state index in [-0.39, 0.29) is 0 Å². The van der Waals surface area contributed by atoms with Crippen LogP contribution in [0, 0.1) is 0 Å². The number of rotatable bonds is 1. The molecule has 1 atom stereocenters. The van der Waals surface area contributed by atoms with Crippen molar-refractivity contribution in [2.75, 3.05) is 20.1 Å². The Bertz CT molecular complexity index is 271. The van der Waals surface area contributed by atoms with Crippen LogP contribution in [0.2, 0.25) is 0 Å². The van der Waals surface area contributed by atoms with E-state index in [4.69, 9.17) is 0 Å². The SMILES string of the molecule is CN1CCC(n2nccc2Br)C1. The average molecular weight is 230 g/mol. The number of nitrogens with zero attached hydrogens (tertiary/aromatic N) is 3. The van der Waals surface area contributed by atoms with Crippen molar-refractivity contribution >= 4 is 15.9 Å². The summed E-state index contributed by atoms with van der Waals surface area (Å²) in [7, 11) is 2.15. The van der Waals surface area contributed by atoms with E-state index in [1.54, 1.807) is 0 Å². The molecule has 0 aliphatic carbocycles. The maximum Gasteiger partial charge on any atom is 0.104 e. The van der Waals surface area contributed by atoms with E-state index < -0.39 is 0 Å². The van der Waals surface area contributed by atoms with Gasteiger partial charge in [0.2, 0.25) is 0 Å². The van der Waals surface area contributed by atoms with Crippen molar-refractivity contribution in [2.24, 2.45) is 0 Å². The van der Waals surface area contributed by atoms with Crippen LogP contribution in [0.1, 0.15) is 12.5 Å². The first-order valence-electron chi connectivity index (χ1n) is 4.15. The second-order valence-electron chi connectivity index (χ2n) is 3.30. The van der Waals surface area contributed by atoms with Crippen LogP contribution in [0.15, 0.2) is 16.9 Å². The Balaban J connectivity index is 2.16. The molecule has 3 nitrogen and oxygen atoms in total. The number of aromatic nitrogens is 2. The molecular formula is C8H12BrN3. The molecule has 0 bridgehead atoms. The van der Waals surface area contributed by atoms with Gasteiger partial charge in [-0.05, 0) is 42.0 Å². The van der Waals surface area contributed by atoms with E-state index in [9.17, 15) is 0 Å². The lowest BCUT2D eigenvalue weighted by atomic mass is 10.3. The van der Waals surface area contributed by atoms with Crippen LogP contribution < -0.4 is 0 Å². The third kappa shape index (κ3) is 1.41. The molecule has 1 aliphatic rings. The lowest BCUT2D eigenvalue weighted by molar-refractivity contribution is 0.380. The molecule has 1 fully saturated rings. The van der Waals surface area contributed by atoms with Crippen molar-refractivity contribution in [2.45, 2.75) is 12.5 Å². The Morgan fingerprint density at radius 2 is 2.50 bits per heavy atom. The van der Waals surface area contributed by atoms with Crippen molar-refractivity contribution in [3.8, 4) is 0 Å². The third-order valence-electron chi connectivity index (χ3n) is 2.33. The summed E-state index contributed by atoms with van der Waals surface area (Å²) in [5.74, 6) is 0. The quantitative estimate of drug-likeness (QED) is 0.729. The number of likely N-dealkylation sites (tertiary alicyclic amines) is 1. The molecule has 1 aromatic heterocycles. The number of hydrogen-bond acceptors (Lipinski definition) is 2. The molecule has 0 saturated carbocycles. The summed E-state index contributed by atoms with van der Waals surface area (Å²) in [6, 6.07) is 2.54. The molecule has 1 saturated heterocycles. The smallest absolute Gasteiger partial charge is 0.104 e. The first-order valence-corrected chi connectivity index (χ1v) is 4.94. The summed E-state index contributed by atoms with van der Waals surface area (Å²) in [6.07, 6.45) is 3.04. The van der Waals surface area contributed by atoms with Crippen molar-refractivity contribution in [3.05, 3.63) is 16.9 Å². The second-order valence-corrected chi connectivity index (χ2v) is 4.12. The van der Waals surface area contributed by atoms with E-state index in [0.29, 0.717) is 6.04 Å². The van der Waals surface area contributed by atoms with Gasteiger partial charge in [-0.1, -0.05) is 0 Å². The van der Waals surface area contributed by atoms with E-state index in [1.807, 2.05) is 12.3 Å². The molecule has 0 N–H and O–H groups in total. The van der Waals surface area contributed by atoms with Crippen LogP contribution in [0.25, 0.3) is 0 Å². The highest BCUT2D eigenvalue weighted by Crippen LogP contribution is 2.23. The monoisotopic (exact) mass is 229 g/mol. The Hall–Kier alpha value is -0.350. The predicted octanol–water partition coefficient (Wildman–Crippen LogP) is 1.52. The van der Waals surface area contributed by atoms with E-state index in [0.717, 1.165) is 11.1 Å². The van der Waals surface area contributed by atoms with Gasteiger partial charge in [-0.2, -0.15) is 5.10 Å². The van der Waals surface area contributed by atoms with Gasteiger partial charge in [-0.3, -0.25) is 4.68 Å². The minimum Gasteiger partial charge on any atom is -0.304 e. The first-order chi connectivity index (χ1) is 5.77. The summed E-state index contributed by atoms with van der Waals surface area (Å²) >= 11 is 3.48. The highest BCUT2D eigenvalue weighted by atomic mass is 79.9. The number of hydrogen-bond donors (Lipinski definition) is 0. The summed E-state index contributed by atoms with van der Waals surface area (Å²) in [4.78, 5) is 2.33. The Kier molecular flexibility index (Phi) is 2.19. The minimum absolute atomic E-state index is 0.555. The molecule has 0 spiro atoms. The van der Waals surface area contributed by atoms with Gasteiger partial charge in [0, 0.05) is 6.54 Å². The topological polar surface area (TPSA) is 21.1 Å². The summed E-state index contributed by atoms with van der Waals surface area (Å²) < 4.78 is 3.14. The van der Waals surface area contributed by atoms with Gasteiger partial charge in [-0.25, -0.2) is 0 Å². The molecule has 4 heteroatoms. The first kappa shape index (κ1) is 8.26. The average Bonchev–Trinajstić information content (AvgIpc) is 2.58. The van der Waals surface area contributed by atoms with Gasteiger partial charge in [0.1, 0.15) is 4.60 Å². The van der Waals surface area contributed by atoms with Gasteiger partial charge in [0.05, 0.1) is 12.2 Å². The van der Waals surface area contributed by atoms with Crippen LogP contribution in [-0.2, 0) is 0 Å². The lowest BCUT2D eigenvalue weighted by Gasteiger charge is -2.11. The molecule has 12 heavy (non-hydrogen) atoms. The maximum atomic E-state index is 4.28. The van der Waals surface area contributed by atoms with E-state index >= 15 is 0 Å². The van der Waals surface area contributed by atoms with Crippen LogP contribution in [0.3, 0.4) is 0 Å². The summed E-state index contributed by atoms with van der Waals surface area (Å²) in [5, 5.41) is 4.28. The van der Waals surface area contributed by atoms with Gasteiger partial charge in [-0.15, -0.1) is 0 Å². The molecular weight excluding hydrogens is 218 g/mol. The molecule has 1 unspecified atom stereocenters. The fourth-order valence-corrected chi connectivity index (χ4v) is 2.18. The summed E-state index contributed by atoms with van der Waals surface area (Å²) in [5.41, 5.74) is 0. The number of halogens is 1. The van der Waals surface area contributed by atoms with Crippen LogP contribution in [-0.4, -0.2) is 34.8 Å². The molecule has 2 rings (SSSR count). The highest BCUT2D eigenvalue weighted by molar-refractivity contribution is 9.10. The fraction of sp³-hybridized carbons (Fsp3) is 0.625. The number of likely N-dealkylation sites (N-methyl/N-ethyl adjacent to an activating group) is 1.